The number of ether oxygens (including phenoxy) is 1. The molecule has 2 aromatic carbocycles. The Morgan fingerprint density at radius 1 is 0.981 bits per heavy atom. The molecule has 1 aromatic heterocycles. The summed E-state index contributed by atoms with van der Waals surface area (Å²) in [7, 11) is 0. The van der Waals surface area contributed by atoms with Crippen molar-refractivity contribution in [2.45, 2.75) is 115 Å². The molecule has 11 nitrogen and oxygen atoms in total. The van der Waals surface area contributed by atoms with Gasteiger partial charge in [-0.2, -0.15) is 0 Å². The van der Waals surface area contributed by atoms with Crippen LogP contribution in [0.15, 0.2) is 66.9 Å². The molecule has 52 heavy (non-hydrogen) atoms. The minimum Gasteiger partial charge on any atom is -0.361 e. The molecule has 3 heterocycles. The molecule has 0 spiro atoms. The van der Waals surface area contributed by atoms with Gasteiger partial charge in [-0.15, -0.1) is 11.3 Å². The Morgan fingerprint density at radius 3 is 2.23 bits per heavy atom. The van der Waals surface area contributed by atoms with Crippen LogP contribution in [0, 0.1) is 5.92 Å². The van der Waals surface area contributed by atoms with Crippen LogP contribution in [-0.2, 0) is 54.4 Å². The Kier molecular flexibility index (Phi) is 13.0. The van der Waals surface area contributed by atoms with Crippen molar-refractivity contribution in [3.05, 3.63) is 87.9 Å². The molecule has 278 valence electrons. The minimum absolute atomic E-state index is 0.0990. The van der Waals surface area contributed by atoms with Gasteiger partial charge in [0, 0.05) is 23.5 Å². The monoisotopic (exact) mass is 729 g/mol. The van der Waals surface area contributed by atoms with E-state index < -0.39 is 47.6 Å². The fourth-order valence-corrected chi connectivity index (χ4v) is 7.63. The van der Waals surface area contributed by atoms with E-state index in [1.54, 1.807) is 18.0 Å². The molecule has 0 radical (unpaired) electrons. The Bertz CT molecular complexity index is 1710. The summed E-state index contributed by atoms with van der Waals surface area (Å²) >= 11 is 1.47. The lowest BCUT2D eigenvalue weighted by Gasteiger charge is -2.33. The smallest absolute Gasteiger partial charge is 0.246 e. The number of Topliss-reactive ketones (excluding diaryl/α,β-unsaturated/α-hetero) is 1. The predicted octanol–water partition coefficient (Wildman–Crippen LogP) is 3.97. The van der Waals surface area contributed by atoms with E-state index in [9.17, 15) is 24.0 Å². The lowest BCUT2D eigenvalue weighted by Crippen LogP contribution is -2.57. The molecule has 2 saturated heterocycles. The highest BCUT2D eigenvalue weighted by Gasteiger charge is 2.51. The summed E-state index contributed by atoms with van der Waals surface area (Å²) in [6.07, 6.45) is 4.38. The molecular weight excluding hydrogens is 679 g/mol. The summed E-state index contributed by atoms with van der Waals surface area (Å²) in [6.45, 7) is 9.88. The molecule has 3 aromatic rings. The number of nitrogens with one attached hydrogen (secondary N) is 3. The van der Waals surface area contributed by atoms with Gasteiger partial charge in [-0.25, -0.2) is 4.98 Å². The maximum Gasteiger partial charge on any atom is 0.246 e. The Labute approximate surface area is 310 Å². The zero-order chi connectivity index (χ0) is 37.4. The molecule has 12 heteroatoms. The first-order valence-corrected chi connectivity index (χ1v) is 19.1. The third kappa shape index (κ3) is 10.1. The molecule has 2 unspecified atom stereocenters. The lowest BCUT2D eigenvalue weighted by molar-refractivity contribution is -0.142. The summed E-state index contributed by atoms with van der Waals surface area (Å²) < 4.78 is 5.43. The maximum absolute atomic E-state index is 14.2. The average Bonchev–Trinajstić information content (AvgIpc) is 3.61. The van der Waals surface area contributed by atoms with Crippen LogP contribution in [0.2, 0.25) is 0 Å². The lowest BCUT2D eigenvalue weighted by atomic mass is 9.92. The Morgan fingerprint density at radius 2 is 1.63 bits per heavy atom. The molecule has 2 fully saturated rings. The number of likely N-dealkylation sites (tertiary alicyclic amines) is 1. The first kappa shape index (κ1) is 38.8. The second kappa shape index (κ2) is 17.4. The number of benzene rings is 2. The fraction of sp³-hybridized carbons (Fsp3) is 0.500. The first-order valence-electron chi connectivity index (χ1n) is 18.3. The molecule has 2 aliphatic rings. The number of aryl methyl sites for hydroxylation is 2. The zero-order valence-electron chi connectivity index (χ0n) is 30.7. The van der Waals surface area contributed by atoms with Crippen molar-refractivity contribution in [2.75, 3.05) is 6.61 Å². The van der Waals surface area contributed by atoms with Crippen molar-refractivity contribution in [2.24, 2.45) is 5.92 Å². The van der Waals surface area contributed by atoms with Crippen LogP contribution >= 0.6 is 11.3 Å². The van der Waals surface area contributed by atoms with Crippen molar-refractivity contribution in [1.29, 1.82) is 0 Å². The summed E-state index contributed by atoms with van der Waals surface area (Å²) in [5.74, 6) is -1.62. The van der Waals surface area contributed by atoms with Crippen molar-refractivity contribution < 1.29 is 28.7 Å². The topological polar surface area (TPSA) is 150 Å². The molecule has 3 N–H and O–H groups in total. The van der Waals surface area contributed by atoms with E-state index in [2.05, 4.69) is 20.9 Å². The molecule has 2 aliphatic heterocycles. The number of nitrogens with zero attached hydrogens (tertiary/aromatic N) is 2. The quantitative estimate of drug-likeness (QED) is 0.168. The van der Waals surface area contributed by atoms with Gasteiger partial charge in [-0.3, -0.25) is 24.0 Å². The van der Waals surface area contributed by atoms with Gasteiger partial charge in [-0.1, -0.05) is 81.4 Å². The number of epoxide rings is 1. The first-order chi connectivity index (χ1) is 24.9. The largest absolute Gasteiger partial charge is 0.361 e. The molecule has 0 saturated carbocycles. The van der Waals surface area contributed by atoms with Gasteiger partial charge in [0.1, 0.15) is 23.7 Å². The standard InChI is InChI=1S/C40H51N5O6S/c1-6-35-41-23-29(52-35)22-34(46)42-30(18-17-27-13-9-7-10-14-27)37(48)44-32-20-26(4)45(39(32)50)33(21-28-15-11-8-12-16-28)38(49)43-31(19-25(2)3)36(47)40(5)24-51-40/h7-16,23,25-26,30-33H,6,17-22,24H2,1-5H3,(H,42,46)(H,43,49)(H,44,48)/t26?,30-,31-,32-,33-,40?/m0/s1. The molecule has 0 aliphatic carbocycles. The second-order valence-corrected chi connectivity index (χ2v) is 15.8. The number of ketones is 1. The van der Waals surface area contributed by atoms with Crippen LogP contribution in [0.3, 0.4) is 0 Å². The fourth-order valence-electron chi connectivity index (χ4n) is 6.77. The van der Waals surface area contributed by atoms with Gasteiger partial charge in [-0.05, 0) is 63.0 Å². The molecule has 4 amide bonds. The van der Waals surface area contributed by atoms with Gasteiger partial charge < -0.3 is 25.6 Å². The second-order valence-electron chi connectivity index (χ2n) is 14.6. The number of amides is 4. The molecular formula is C40H51N5O6S. The summed E-state index contributed by atoms with van der Waals surface area (Å²) in [5.41, 5.74) is 0.960. The number of rotatable bonds is 18. The zero-order valence-corrected chi connectivity index (χ0v) is 31.5. The van der Waals surface area contributed by atoms with E-state index in [1.807, 2.05) is 88.4 Å². The van der Waals surface area contributed by atoms with Crippen LogP contribution in [0.1, 0.15) is 74.9 Å². The molecule has 0 bridgehead atoms. The maximum atomic E-state index is 14.2. The number of carbonyl (C=O) groups excluding carboxylic acids is 5. The third-order valence-electron chi connectivity index (χ3n) is 9.72. The Hall–Kier alpha value is -4.42. The molecule has 5 rings (SSSR count). The van der Waals surface area contributed by atoms with Gasteiger partial charge in [0.2, 0.25) is 23.6 Å². The van der Waals surface area contributed by atoms with Crippen LogP contribution in [0.5, 0.6) is 0 Å². The van der Waals surface area contributed by atoms with Gasteiger partial charge >= 0.3 is 0 Å². The van der Waals surface area contributed by atoms with Crippen LogP contribution in [0.25, 0.3) is 0 Å². The summed E-state index contributed by atoms with van der Waals surface area (Å²) in [5, 5.41) is 9.75. The summed E-state index contributed by atoms with van der Waals surface area (Å²) in [6, 6.07) is 15.3. The highest BCUT2D eigenvalue weighted by molar-refractivity contribution is 7.11. The average molecular weight is 730 g/mol. The van der Waals surface area contributed by atoms with E-state index in [4.69, 9.17) is 4.74 Å². The summed E-state index contributed by atoms with van der Waals surface area (Å²) in [4.78, 5) is 75.6. The highest BCUT2D eigenvalue weighted by Crippen LogP contribution is 2.30. The number of hydrogen-bond acceptors (Lipinski definition) is 8. The van der Waals surface area contributed by atoms with Crippen molar-refractivity contribution in [3.63, 3.8) is 0 Å². The van der Waals surface area contributed by atoms with Crippen molar-refractivity contribution in [1.82, 2.24) is 25.8 Å². The Balaban J connectivity index is 1.32. The van der Waals surface area contributed by atoms with E-state index in [0.717, 1.165) is 27.4 Å². The van der Waals surface area contributed by atoms with Crippen molar-refractivity contribution in [3.8, 4) is 0 Å². The van der Waals surface area contributed by atoms with E-state index in [1.165, 1.54) is 11.3 Å². The minimum atomic E-state index is -0.928. The van der Waals surface area contributed by atoms with Crippen LogP contribution < -0.4 is 16.0 Å². The van der Waals surface area contributed by atoms with Crippen molar-refractivity contribution >= 4 is 40.7 Å². The van der Waals surface area contributed by atoms with E-state index >= 15 is 0 Å². The number of aromatic nitrogens is 1. The number of carbonyl (C=O) groups is 5. The molecule has 6 atom stereocenters. The number of thiazole rings is 1. The SMILES string of the molecule is CCc1ncc(CC(=O)N[C@@H](CCc2ccccc2)C(=O)N[C@H]2CC(C)N([C@@H](Cc3ccccc3)C(=O)N[C@@H](CC(C)C)C(=O)C3(C)CO3)C2=O)s1. The third-order valence-corrected chi connectivity index (χ3v) is 10.9. The van der Waals surface area contributed by atoms with Gasteiger partial charge in [0.05, 0.1) is 24.1 Å². The van der Waals surface area contributed by atoms with Gasteiger partial charge in [0.25, 0.3) is 0 Å². The van der Waals surface area contributed by atoms with Gasteiger partial charge in [0.15, 0.2) is 5.78 Å². The van der Waals surface area contributed by atoms with Crippen LogP contribution in [0.4, 0.5) is 0 Å². The van der Waals surface area contributed by atoms with Crippen LogP contribution in [-0.4, -0.2) is 81.7 Å². The number of hydrogen-bond donors (Lipinski definition) is 3. The van der Waals surface area contributed by atoms with E-state index in [0.29, 0.717) is 25.9 Å². The normalized spacial score (nSPS) is 21.3. The highest BCUT2D eigenvalue weighted by atomic mass is 32.1. The predicted molar refractivity (Wildman–Crippen MR) is 199 cm³/mol. The van der Waals surface area contributed by atoms with E-state index in [-0.39, 0.29) is 42.8 Å².